The molecule has 0 atom stereocenters. The Morgan fingerprint density at radius 1 is 1.26 bits per heavy atom. The predicted octanol–water partition coefficient (Wildman–Crippen LogP) is 3.44. The first-order valence-electron chi connectivity index (χ1n) is 4.97. The van der Waals surface area contributed by atoms with Gasteiger partial charge < -0.3 is 0 Å². The normalized spacial score (nSPS) is 11.3. The van der Waals surface area contributed by atoms with Gasteiger partial charge in [0.1, 0.15) is 10.7 Å². The van der Waals surface area contributed by atoms with Crippen molar-refractivity contribution < 1.29 is 12.8 Å². The zero-order chi connectivity index (χ0) is 14.0. The van der Waals surface area contributed by atoms with Crippen LogP contribution in [-0.2, 0) is 10.0 Å². The van der Waals surface area contributed by atoms with E-state index in [1.807, 2.05) is 0 Å². The summed E-state index contributed by atoms with van der Waals surface area (Å²) in [6.45, 7) is 0. The number of nitrogens with one attached hydrogen (secondary N) is 1. The SMILES string of the molecule is O=S(=O)(Nc1cc(Br)ccc1Cl)c1cncc(F)c1. The molecular formula is C11H7BrClFN2O2S. The first-order valence-corrected chi connectivity index (χ1v) is 7.62. The average Bonchev–Trinajstić information content (AvgIpc) is 2.33. The molecule has 0 saturated carbocycles. The van der Waals surface area contributed by atoms with E-state index >= 15 is 0 Å². The Morgan fingerprint density at radius 3 is 2.68 bits per heavy atom. The second kappa shape index (κ2) is 5.44. The maximum absolute atomic E-state index is 13.0. The van der Waals surface area contributed by atoms with Crippen molar-refractivity contribution in [2.75, 3.05) is 4.72 Å². The molecule has 1 aromatic carbocycles. The molecule has 2 aromatic rings. The Morgan fingerprint density at radius 2 is 2.00 bits per heavy atom. The van der Waals surface area contributed by atoms with Crippen LogP contribution in [0.15, 0.2) is 46.0 Å². The van der Waals surface area contributed by atoms with Gasteiger partial charge >= 0.3 is 0 Å². The van der Waals surface area contributed by atoms with Crippen LogP contribution in [-0.4, -0.2) is 13.4 Å². The zero-order valence-corrected chi connectivity index (χ0v) is 12.4. The minimum atomic E-state index is -3.93. The van der Waals surface area contributed by atoms with Crippen LogP contribution < -0.4 is 4.72 Å². The molecule has 2 rings (SSSR count). The van der Waals surface area contributed by atoms with Crippen LogP contribution in [0.4, 0.5) is 10.1 Å². The van der Waals surface area contributed by atoms with Gasteiger partial charge in [-0.05, 0) is 24.3 Å². The van der Waals surface area contributed by atoms with E-state index in [-0.39, 0.29) is 15.6 Å². The van der Waals surface area contributed by atoms with E-state index < -0.39 is 15.8 Å². The second-order valence-electron chi connectivity index (χ2n) is 3.57. The van der Waals surface area contributed by atoms with E-state index in [2.05, 4.69) is 25.6 Å². The van der Waals surface area contributed by atoms with Crippen molar-refractivity contribution in [1.29, 1.82) is 0 Å². The molecule has 4 nitrogen and oxygen atoms in total. The summed E-state index contributed by atoms with van der Waals surface area (Å²) in [5.74, 6) is -0.733. The molecule has 0 radical (unpaired) electrons. The van der Waals surface area contributed by atoms with Gasteiger partial charge in [-0.1, -0.05) is 27.5 Å². The van der Waals surface area contributed by atoms with Crippen LogP contribution >= 0.6 is 27.5 Å². The maximum atomic E-state index is 13.0. The summed E-state index contributed by atoms with van der Waals surface area (Å²) in [6.07, 6.45) is 1.97. The van der Waals surface area contributed by atoms with Gasteiger partial charge in [0.2, 0.25) is 0 Å². The monoisotopic (exact) mass is 364 g/mol. The quantitative estimate of drug-likeness (QED) is 0.906. The Kier molecular flexibility index (Phi) is 4.07. The van der Waals surface area contributed by atoms with Gasteiger partial charge in [0.25, 0.3) is 10.0 Å². The number of aromatic nitrogens is 1. The average molecular weight is 366 g/mol. The Hall–Kier alpha value is -1.18. The molecule has 0 aliphatic carbocycles. The number of hydrogen-bond acceptors (Lipinski definition) is 3. The zero-order valence-electron chi connectivity index (χ0n) is 9.27. The lowest BCUT2D eigenvalue weighted by Crippen LogP contribution is -2.13. The minimum Gasteiger partial charge on any atom is -0.278 e. The highest BCUT2D eigenvalue weighted by Gasteiger charge is 2.17. The first-order chi connectivity index (χ1) is 8.88. The summed E-state index contributed by atoms with van der Waals surface area (Å²) in [5.41, 5.74) is 0.195. The highest BCUT2D eigenvalue weighted by molar-refractivity contribution is 9.10. The lowest BCUT2D eigenvalue weighted by Gasteiger charge is -2.09. The molecule has 0 aliphatic heterocycles. The lowest BCUT2D eigenvalue weighted by atomic mass is 10.3. The number of pyridine rings is 1. The Bertz CT molecular complexity index is 724. The van der Waals surface area contributed by atoms with E-state index in [1.165, 1.54) is 12.1 Å². The van der Waals surface area contributed by atoms with Gasteiger partial charge in [0.15, 0.2) is 0 Å². The number of anilines is 1. The van der Waals surface area contributed by atoms with E-state index in [1.54, 1.807) is 6.07 Å². The summed E-state index contributed by atoms with van der Waals surface area (Å²) in [5, 5.41) is 0.233. The van der Waals surface area contributed by atoms with Crippen LogP contribution in [0.2, 0.25) is 5.02 Å². The van der Waals surface area contributed by atoms with Crippen molar-refractivity contribution >= 4 is 43.2 Å². The molecule has 0 spiro atoms. The summed E-state index contributed by atoms with van der Waals surface area (Å²) in [6, 6.07) is 5.59. The summed E-state index contributed by atoms with van der Waals surface area (Å²) < 4.78 is 40.0. The molecule has 0 aliphatic rings. The minimum absolute atomic E-state index is 0.195. The largest absolute Gasteiger partial charge is 0.278 e. The van der Waals surface area contributed by atoms with Crippen LogP contribution in [0.25, 0.3) is 0 Å². The molecule has 19 heavy (non-hydrogen) atoms. The van der Waals surface area contributed by atoms with Gasteiger partial charge in [-0.15, -0.1) is 0 Å². The van der Waals surface area contributed by atoms with Crippen molar-refractivity contribution in [2.24, 2.45) is 0 Å². The van der Waals surface area contributed by atoms with Crippen LogP contribution in [0.3, 0.4) is 0 Å². The van der Waals surface area contributed by atoms with E-state index in [9.17, 15) is 12.8 Å². The number of nitrogens with zero attached hydrogens (tertiary/aromatic N) is 1. The third kappa shape index (κ3) is 3.43. The molecule has 1 aromatic heterocycles. The molecule has 0 saturated heterocycles. The number of sulfonamides is 1. The van der Waals surface area contributed by atoms with Crippen molar-refractivity contribution in [2.45, 2.75) is 4.90 Å². The standard InChI is InChI=1S/C11H7BrClFN2O2S/c12-7-1-2-10(13)11(3-7)16-19(17,18)9-4-8(14)5-15-6-9/h1-6,16H. The molecule has 0 unspecified atom stereocenters. The van der Waals surface area contributed by atoms with E-state index in [0.717, 1.165) is 18.5 Å². The summed E-state index contributed by atoms with van der Waals surface area (Å²) >= 11 is 9.09. The van der Waals surface area contributed by atoms with Gasteiger partial charge in [0, 0.05) is 10.7 Å². The fourth-order valence-corrected chi connectivity index (χ4v) is 2.94. The predicted molar refractivity (Wildman–Crippen MR) is 74.2 cm³/mol. The van der Waals surface area contributed by atoms with Crippen molar-refractivity contribution in [3.63, 3.8) is 0 Å². The van der Waals surface area contributed by atoms with E-state index in [4.69, 9.17) is 11.6 Å². The highest BCUT2D eigenvalue weighted by atomic mass is 79.9. The molecule has 1 heterocycles. The number of halogens is 3. The smallest absolute Gasteiger partial charge is 0.263 e. The van der Waals surface area contributed by atoms with Crippen LogP contribution in [0, 0.1) is 5.82 Å². The lowest BCUT2D eigenvalue weighted by molar-refractivity contribution is 0.592. The molecular weight excluding hydrogens is 359 g/mol. The maximum Gasteiger partial charge on any atom is 0.263 e. The molecule has 0 bridgehead atoms. The first kappa shape index (κ1) is 14.2. The number of benzene rings is 1. The summed E-state index contributed by atoms with van der Waals surface area (Å²) in [4.78, 5) is 3.22. The highest BCUT2D eigenvalue weighted by Crippen LogP contribution is 2.27. The molecule has 100 valence electrons. The fourth-order valence-electron chi connectivity index (χ4n) is 1.32. The third-order valence-corrected chi connectivity index (χ3v) is 4.32. The Balaban J connectivity index is 2.39. The Labute approximate surface area is 122 Å². The topological polar surface area (TPSA) is 59.1 Å². The van der Waals surface area contributed by atoms with Crippen LogP contribution in [0.5, 0.6) is 0 Å². The van der Waals surface area contributed by atoms with E-state index in [0.29, 0.717) is 4.47 Å². The molecule has 1 N–H and O–H groups in total. The van der Waals surface area contributed by atoms with Crippen molar-refractivity contribution in [1.82, 2.24) is 4.98 Å². The third-order valence-electron chi connectivity index (χ3n) is 2.16. The molecule has 0 amide bonds. The number of rotatable bonds is 3. The van der Waals surface area contributed by atoms with Crippen LogP contribution in [0.1, 0.15) is 0 Å². The van der Waals surface area contributed by atoms with Crippen molar-refractivity contribution in [3.8, 4) is 0 Å². The van der Waals surface area contributed by atoms with Gasteiger partial charge in [-0.3, -0.25) is 9.71 Å². The molecule has 0 fully saturated rings. The second-order valence-corrected chi connectivity index (χ2v) is 6.57. The van der Waals surface area contributed by atoms with Gasteiger partial charge in [-0.2, -0.15) is 0 Å². The van der Waals surface area contributed by atoms with Gasteiger partial charge in [0.05, 0.1) is 16.9 Å². The number of hydrogen-bond donors (Lipinski definition) is 1. The van der Waals surface area contributed by atoms with Gasteiger partial charge in [-0.25, -0.2) is 12.8 Å². The summed E-state index contributed by atoms with van der Waals surface area (Å²) in [7, 11) is -3.93. The van der Waals surface area contributed by atoms with Crippen molar-refractivity contribution in [3.05, 3.63) is 52.0 Å². The molecule has 8 heteroatoms. The fraction of sp³-hybridized carbons (Fsp3) is 0.